The Morgan fingerprint density at radius 1 is 0.298 bits per heavy atom. The van der Waals surface area contributed by atoms with Crippen molar-refractivity contribution < 1.29 is 0 Å². The third-order valence-corrected chi connectivity index (χ3v) is 13.0. The normalized spacial score (nSPS) is 11.9. The Balaban J connectivity index is 1.09. The SMILES string of the molecule is c1ccc(-c2ccc(-c3cccc(-c4cccc5c4sc4c(-n6c7ccccc7c7ccc8c9ccccc9n(-c9ccccc9)c8c76)cccc45)c3)cc2)cc1. The fraction of sp³-hybridized carbons (Fsp3) is 0. The molecule has 0 bridgehead atoms. The van der Waals surface area contributed by atoms with Crippen LogP contribution in [0.2, 0.25) is 0 Å². The number of thiophene rings is 1. The lowest BCUT2D eigenvalue weighted by Crippen LogP contribution is -1.98. The third kappa shape index (κ3) is 4.89. The summed E-state index contributed by atoms with van der Waals surface area (Å²) >= 11 is 1.91. The summed E-state index contributed by atoms with van der Waals surface area (Å²) in [7, 11) is 0. The smallest absolute Gasteiger partial charge is 0.0789 e. The van der Waals surface area contributed by atoms with Crippen LogP contribution in [0.3, 0.4) is 0 Å². The molecule has 12 aromatic rings. The quantitative estimate of drug-likeness (QED) is 0.166. The number of fused-ring (bicyclic) bond motifs is 10. The average molecular weight is 743 g/mol. The number of rotatable bonds is 5. The zero-order valence-electron chi connectivity index (χ0n) is 30.9. The molecule has 0 atom stereocenters. The highest BCUT2D eigenvalue weighted by molar-refractivity contribution is 7.26. The van der Waals surface area contributed by atoms with E-state index in [1.54, 1.807) is 0 Å². The minimum Gasteiger partial charge on any atom is -0.307 e. The van der Waals surface area contributed by atoms with Crippen molar-refractivity contribution in [3.8, 4) is 44.8 Å². The molecule has 0 unspecified atom stereocenters. The van der Waals surface area contributed by atoms with Crippen LogP contribution in [0.5, 0.6) is 0 Å². The summed E-state index contributed by atoms with van der Waals surface area (Å²) in [5.41, 5.74) is 14.6. The van der Waals surface area contributed by atoms with E-state index in [-0.39, 0.29) is 0 Å². The highest BCUT2D eigenvalue weighted by atomic mass is 32.1. The van der Waals surface area contributed by atoms with Crippen molar-refractivity contribution in [1.29, 1.82) is 0 Å². The van der Waals surface area contributed by atoms with E-state index in [1.165, 1.54) is 103 Å². The number of aromatic nitrogens is 2. The van der Waals surface area contributed by atoms with Crippen LogP contribution in [-0.2, 0) is 0 Å². The van der Waals surface area contributed by atoms with Crippen molar-refractivity contribution in [3.05, 3.63) is 206 Å². The molecule has 3 heterocycles. The van der Waals surface area contributed by atoms with Crippen LogP contribution in [0.1, 0.15) is 0 Å². The largest absolute Gasteiger partial charge is 0.307 e. The summed E-state index contributed by atoms with van der Waals surface area (Å²) in [6, 6.07) is 75.4. The minimum absolute atomic E-state index is 1.16. The predicted octanol–water partition coefficient (Wildman–Crippen LogP) is 15.2. The van der Waals surface area contributed by atoms with Crippen molar-refractivity contribution in [1.82, 2.24) is 9.13 Å². The molecule has 0 fully saturated rings. The van der Waals surface area contributed by atoms with Gasteiger partial charge in [0.2, 0.25) is 0 Å². The topological polar surface area (TPSA) is 9.86 Å². The Labute approximate surface area is 333 Å². The van der Waals surface area contributed by atoms with E-state index in [4.69, 9.17) is 0 Å². The van der Waals surface area contributed by atoms with Gasteiger partial charge in [0.25, 0.3) is 0 Å². The summed E-state index contributed by atoms with van der Waals surface area (Å²) in [6.07, 6.45) is 0. The van der Waals surface area contributed by atoms with Gasteiger partial charge in [-0.1, -0.05) is 170 Å². The molecule has 57 heavy (non-hydrogen) atoms. The van der Waals surface area contributed by atoms with Crippen LogP contribution in [0, 0.1) is 0 Å². The van der Waals surface area contributed by atoms with Crippen molar-refractivity contribution in [3.63, 3.8) is 0 Å². The standard InChI is InChI=1S/C54H34N2S/c1-3-14-35(15-4-1)36-28-30-37(31-29-36)38-16-11-17-39(34-38)41-22-12-23-46-47-24-13-27-50(54(47)57-53(41)46)56-49-26-10-8-21-43(49)45-33-32-44-42-20-7-9-25-48(42)55(51(44)52(45)56)40-18-5-2-6-19-40/h1-34H. The van der Waals surface area contributed by atoms with Crippen molar-refractivity contribution in [2.75, 3.05) is 0 Å². The highest BCUT2D eigenvalue weighted by Gasteiger charge is 2.23. The van der Waals surface area contributed by atoms with E-state index in [2.05, 4.69) is 215 Å². The lowest BCUT2D eigenvalue weighted by molar-refractivity contribution is 1.16. The predicted molar refractivity (Wildman–Crippen MR) is 244 cm³/mol. The molecule has 0 aliphatic heterocycles. The molecule has 0 amide bonds. The summed E-state index contributed by atoms with van der Waals surface area (Å²) < 4.78 is 7.60. The van der Waals surface area contributed by atoms with E-state index < -0.39 is 0 Å². The maximum absolute atomic E-state index is 2.54. The van der Waals surface area contributed by atoms with E-state index in [0.29, 0.717) is 0 Å². The first kappa shape index (κ1) is 32.1. The van der Waals surface area contributed by atoms with Crippen LogP contribution < -0.4 is 0 Å². The second-order valence-electron chi connectivity index (χ2n) is 14.9. The summed E-state index contributed by atoms with van der Waals surface area (Å²) in [6.45, 7) is 0. The van der Waals surface area contributed by atoms with Gasteiger partial charge >= 0.3 is 0 Å². The molecule has 0 radical (unpaired) electrons. The molecule has 0 saturated carbocycles. The first-order chi connectivity index (χ1) is 28.3. The molecular weight excluding hydrogens is 709 g/mol. The molecular formula is C54H34N2S. The minimum atomic E-state index is 1.16. The monoisotopic (exact) mass is 742 g/mol. The van der Waals surface area contributed by atoms with Gasteiger partial charge in [0, 0.05) is 42.7 Å². The van der Waals surface area contributed by atoms with Crippen molar-refractivity contribution in [2.24, 2.45) is 0 Å². The van der Waals surface area contributed by atoms with Gasteiger partial charge in [0.05, 0.1) is 32.5 Å². The van der Waals surface area contributed by atoms with Gasteiger partial charge in [0.15, 0.2) is 0 Å². The second kappa shape index (κ2) is 12.7. The number of hydrogen-bond acceptors (Lipinski definition) is 1. The maximum Gasteiger partial charge on any atom is 0.0789 e. The van der Waals surface area contributed by atoms with Crippen LogP contribution >= 0.6 is 11.3 Å². The summed E-state index contributed by atoms with van der Waals surface area (Å²) in [5, 5.41) is 7.60. The van der Waals surface area contributed by atoms with Crippen LogP contribution in [-0.4, -0.2) is 9.13 Å². The molecule has 12 rings (SSSR count). The van der Waals surface area contributed by atoms with Gasteiger partial charge in [-0.2, -0.15) is 0 Å². The fourth-order valence-electron chi connectivity index (χ4n) is 9.16. The van der Waals surface area contributed by atoms with E-state index in [9.17, 15) is 0 Å². The van der Waals surface area contributed by atoms with Crippen molar-refractivity contribution >= 4 is 75.1 Å². The van der Waals surface area contributed by atoms with Gasteiger partial charge < -0.3 is 9.13 Å². The lowest BCUT2D eigenvalue weighted by Gasteiger charge is -2.13. The Kier molecular flexibility index (Phi) is 7.13. The van der Waals surface area contributed by atoms with Gasteiger partial charge in [-0.3, -0.25) is 0 Å². The molecule has 0 saturated heterocycles. The maximum atomic E-state index is 2.54. The van der Waals surface area contributed by atoms with Gasteiger partial charge in [0.1, 0.15) is 0 Å². The zero-order valence-corrected chi connectivity index (χ0v) is 31.7. The molecule has 0 aliphatic carbocycles. The Hall–Kier alpha value is -7.20. The molecule has 0 spiro atoms. The summed E-state index contributed by atoms with van der Waals surface area (Å²) in [4.78, 5) is 0. The van der Waals surface area contributed by atoms with E-state index in [1.807, 2.05) is 11.3 Å². The molecule has 3 aromatic heterocycles. The first-order valence-electron chi connectivity index (χ1n) is 19.5. The first-order valence-corrected chi connectivity index (χ1v) is 20.3. The third-order valence-electron chi connectivity index (χ3n) is 11.7. The van der Waals surface area contributed by atoms with E-state index in [0.717, 1.165) is 5.69 Å². The molecule has 0 N–H and O–H groups in total. The van der Waals surface area contributed by atoms with Gasteiger partial charge in [-0.25, -0.2) is 0 Å². The van der Waals surface area contributed by atoms with Crippen LogP contribution in [0.25, 0.3) is 109 Å². The van der Waals surface area contributed by atoms with Crippen LogP contribution in [0.4, 0.5) is 0 Å². The zero-order chi connectivity index (χ0) is 37.5. The number of nitrogens with zero attached hydrogens (tertiary/aromatic N) is 2. The van der Waals surface area contributed by atoms with Crippen LogP contribution in [0.15, 0.2) is 206 Å². The summed E-state index contributed by atoms with van der Waals surface area (Å²) in [5.74, 6) is 0. The van der Waals surface area contributed by atoms with Crippen molar-refractivity contribution in [2.45, 2.75) is 0 Å². The Morgan fingerprint density at radius 2 is 0.789 bits per heavy atom. The molecule has 266 valence electrons. The van der Waals surface area contributed by atoms with Gasteiger partial charge in [-0.15, -0.1) is 11.3 Å². The van der Waals surface area contributed by atoms with Gasteiger partial charge in [-0.05, 0) is 69.8 Å². The second-order valence-corrected chi connectivity index (χ2v) is 15.9. The lowest BCUT2D eigenvalue weighted by atomic mass is 9.96. The highest BCUT2D eigenvalue weighted by Crippen LogP contribution is 2.46. The molecule has 9 aromatic carbocycles. The number of hydrogen-bond donors (Lipinski definition) is 0. The number of para-hydroxylation sites is 3. The molecule has 3 heteroatoms. The van der Waals surface area contributed by atoms with E-state index >= 15 is 0 Å². The fourth-order valence-corrected chi connectivity index (χ4v) is 10.5. The Morgan fingerprint density at radius 3 is 1.51 bits per heavy atom. The number of benzene rings is 9. The Bertz CT molecular complexity index is 3490. The molecule has 0 aliphatic rings. The molecule has 2 nitrogen and oxygen atoms in total. The average Bonchev–Trinajstić information content (AvgIpc) is 3.95.